The Morgan fingerprint density at radius 2 is 2.30 bits per heavy atom. The smallest absolute Gasteiger partial charge is 0.160 e. The van der Waals surface area contributed by atoms with Crippen molar-refractivity contribution < 1.29 is 0 Å². The van der Waals surface area contributed by atoms with Crippen LogP contribution in [0.15, 0.2) is 6.07 Å². The fourth-order valence-electron chi connectivity index (χ4n) is 2.75. The minimum absolute atomic E-state index is 0.476. The largest absolute Gasteiger partial charge is 0.366 e. The third-order valence-corrected chi connectivity index (χ3v) is 4.12. The standard InChI is InChI=1S/C15H23N5/c1-4-12-8-14(17-13-6-5-7-16-9-13)20-15(18-12)10(2)11(3)19-20/h8,13,16-17H,4-7,9H2,1-3H3/t13-/m1/s1. The first-order chi connectivity index (χ1) is 9.69. The van der Waals surface area contributed by atoms with E-state index in [9.17, 15) is 0 Å². The Morgan fingerprint density at radius 1 is 1.45 bits per heavy atom. The average Bonchev–Trinajstić information content (AvgIpc) is 2.76. The van der Waals surface area contributed by atoms with Crippen molar-refractivity contribution in [3.8, 4) is 0 Å². The van der Waals surface area contributed by atoms with Crippen LogP contribution in [0, 0.1) is 13.8 Å². The minimum atomic E-state index is 0.476. The molecular weight excluding hydrogens is 250 g/mol. The zero-order valence-corrected chi connectivity index (χ0v) is 12.5. The van der Waals surface area contributed by atoms with Crippen LogP contribution < -0.4 is 10.6 Å². The van der Waals surface area contributed by atoms with E-state index in [2.05, 4.69) is 35.6 Å². The van der Waals surface area contributed by atoms with Crippen LogP contribution in [0.4, 0.5) is 5.82 Å². The van der Waals surface area contributed by atoms with Crippen LogP contribution in [0.2, 0.25) is 0 Å². The van der Waals surface area contributed by atoms with Gasteiger partial charge in [-0.25, -0.2) is 4.98 Å². The SMILES string of the molecule is CCc1cc(N[C@@H]2CCCNC2)n2nc(C)c(C)c2n1. The fraction of sp³-hybridized carbons (Fsp3) is 0.600. The highest BCUT2D eigenvalue weighted by atomic mass is 15.3. The third-order valence-electron chi connectivity index (χ3n) is 4.12. The summed E-state index contributed by atoms with van der Waals surface area (Å²) in [7, 11) is 0. The van der Waals surface area contributed by atoms with Gasteiger partial charge in [0.05, 0.1) is 5.69 Å². The zero-order valence-electron chi connectivity index (χ0n) is 12.5. The number of aromatic nitrogens is 3. The molecule has 0 radical (unpaired) electrons. The molecule has 1 fully saturated rings. The number of fused-ring (bicyclic) bond motifs is 1. The first kappa shape index (κ1) is 13.4. The van der Waals surface area contributed by atoms with Crippen LogP contribution in [0.1, 0.15) is 36.7 Å². The number of hydrogen-bond donors (Lipinski definition) is 2. The first-order valence-electron chi connectivity index (χ1n) is 7.52. The van der Waals surface area contributed by atoms with Crippen LogP contribution in [0.25, 0.3) is 5.65 Å². The summed E-state index contributed by atoms with van der Waals surface area (Å²) >= 11 is 0. The lowest BCUT2D eigenvalue weighted by molar-refractivity contribution is 0.478. The Balaban J connectivity index is 2.01. The Kier molecular flexibility index (Phi) is 3.61. The number of piperidine rings is 1. The molecule has 1 saturated heterocycles. The molecule has 0 amide bonds. The van der Waals surface area contributed by atoms with E-state index in [0.717, 1.165) is 42.4 Å². The Labute approximate surface area is 119 Å². The fourth-order valence-corrected chi connectivity index (χ4v) is 2.75. The number of anilines is 1. The van der Waals surface area contributed by atoms with Crippen molar-refractivity contribution in [1.29, 1.82) is 0 Å². The molecule has 0 unspecified atom stereocenters. The topological polar surface area (TPSA) is 54.2 Å². The molecule has 3 heterocycles. The maximum atomic E-state index is 4.71. The number of nitrogens with one attached hydrogen (secondary N) is 2. The van der Waals surface area contributed by atoms with Crippen molar-refractivity contribution in [3.63, 3.8) is 0 Å². The molecule has 0 saturated carbocycles. The van der Waals surface area contributed by atoms with E-state index in [4.69, 9.17) is 4.98 Å². The minimum Gasteiger partial charge on any atom is -0.366 e. The van der Waals surface area contributed by atoms with Gasteiger partial charge in [-0.05, 0) is 39.7 Å². The van der Waals surface area contributed by atoms with Gasteiger partial charge in [0.2, 0.25) is 0 Å². The van der Waals surface area contributed by atoms with E-state index in [1.165, 1.54) is 18.4 Å². The molecular formula is C15H23N5. The first-order valence-corrected chi connectivity index (χ1v) is 7.52. The molecule has 3 rings (SSSR count). The Hall–Kier alpha value is -1.62. The van der Waals surface area contributed by atoms with Crippen LogP contribution in [-0.2, 0) is 6.42 Å². The van der Waals surface area contributed by atoms with Gasteiger partial charge in [0.1, 0.15) is 5.82 Å². The van der Waals surface area contributed by atoms with Gasteiger partial charge >= 0.3 is 0 Å². The number of hydrogen-bond acceptors (Lipinski definition) is 4. The van der Waals surface area contributed by atoms with E-state index in [1.807, 2.05) is 11.4 Å². The lowest BCUT2D eigenvalue weighted by Crippen LogP contribution is -2.38. The van der Waals surface area contributed by atoms with Gasteiger partial charge in [-0.3, -0.25) is 0 Å². The molecule has 1 atom stereocenters. The van der Waals surface area contributed by atoms with E-state index in [0.29, 0.717) is 6.04 Å². The summed E-state index contributed by atoms with van der Waals surface area (Å²) in [5.41, 5.74) is 4.32. The van der Waals surface area contributed by atoms with Crippen LogP contribution >= 0.6 is 0 Å². The highest BCUT2D eigenvalue weighted by Crippen LogP contribution is 2.20. The lowest BCUT2D eigenvalue weighted by atomic mass is 10.1. The predicted molar refractivity (Wildman–Crippen MR) is 81.4 cm³/mol. The molecule has 20 heavy (non-hydrogen) atoms. The normalized spacial score (nSPS) is 19.4. The number of nitrogens with zero attached hydrogens (tertiary/aromatic N) is 3. The van der Waals surface area contributed by atoms with Gasteiger partial charge in [0, 0.05) is 29.9 Å². The molecule has 108 valence electrons. The maximum Gasteiger partial charge on any atom is 0.160 e. The van der Waals surface area contributed by atoms with E-state index in [-0.39, 0.29) is 0 Å². The average molecular weight is 273 g/mol. The highest BCUT2D eigenvalue weighted by Gasteiger charge is 2.16. The van der Waals surface area contributed by atoms with Gasteiger partial charge in [0.25, 0.3) is 0 Å². The molecule has 5 nitrogen and oxygen atoms in total. The van der Waals surface area contributed by atoms with Crippen molar-refractivity contribution >= 4 is 11.5 Å². The highest BCUT2D eigenvalue weighted by molar-refractivity contribution is 5.56. The Morgan fingerprint density at radius 3 is 3.00 bits per heavy atom. The number of aryl methyl sites for hydroxylation is 3. The monoisotopic (exact) mass is 273 g/mol. The Bertz CT molecular complexity index is 610. The zero-order chi connectivity index (χ0) is 14.1. The summed E-state index contributed by atoms with van der Waals surface area (Å²) in [4.78, 5) is 4.71. The predicted octanol–water partition coefficient (Wildman–Crippen LogP) is 2.07. The number of rotatable bonds is 3. The van der Waals surface area contributed by atoms with Crippen molar-refractivity contribution in [2.24, 2.45) is 0 Å². The molecule has 5 heteroatoms. The summed E-state index contributed by atoms with van der Waals surface area (Å²) in [6.07, 6.45) is 3.37. The van der Waals surface area contributed by atoms with Gasteiger partial charge in [-0.15, -0.1) is 0 Å². The molecule has 0 aromatic carbocycles. The second-order valence-electron chi connectivity index (χ2n) is 5.62. The van der Waals surface area contributed by atoms with Gasteiger partial charge in [-0.2, -0.15) is 9.61 Å². The molecule has 0 bridgehead atoms. The van der Waals surface area contributed by atoms with Crippen molar-refractivity contribution in [1.82, 2.24) is 19.9 Å². The third kappa shape index (κ3) is 2.38. The van der Waals surface area contributed by atoms with Crippen LogP contribution in [0.3, 0.4) is 0 Å². The molecule has 0 aliphatic carbocycles. The van der Waals surface area contributed by atoms with Crippen molar-refractivity contribution in [2.75, 3.05) is 18.4 Å². The van der Waals surface area contributed by atoms with Gasteiger partial charge in [0.15, 0.2) is 5.65 Å². The van der Waals surface area contributed by atoms with E-state index < -0.39 is 0 Å². The summed E-state index contributed by atoms with van der Waals surface area (Å²) in [6, 6.07) is 2.61. The van der Waals surface area contributed by atoms with E-state index in [1.54, 1.807) is 0 Å². The van der Waals surface area contributed by atoms with Crippen molar-refractivity contribution in [2.45, 2.75) is 46.1 Å². The quantitative estimate of drug-likeness (QED) is 0.899. The molecule has 1 aliphatic rings. The summed E-state index contributed by atoms with van der Waals surface area (Å²) in [6.45, 7) is 8.43. The van der Waals surface area contributed by atoms with E-state index >= 15 is 0 Å². The van der Waals surface area contributed by atoms with Gasteiger partial charge in [-0.1, -0.05) is 6.92 Å². The summed E-state index contributed by atoms with van der Waals surface area (Å²) in [5.74, 6) is 1.07. The molecule has 0 spiro atoms. The van der Waals surface area contributed by atoms with Crippen LogP contribution in [-0.4, -0.2) is 33.7 Å². The second kappa shape index (κ2) is 5.40. The molecule has 2 N–H and O–H groups in total. The lowest BCUT2D eigenvalue weighted by Gasteiger charge is -2.25. The summed E-state index contributed by atoms with van der Waals surface area (Å²) < 4.78 is 1.96. The summed E-state index contributed by atoms with van der Waals surface area (Å²) in [5, 5.41) is 11.7. The molecule has 2 aromatic rings. The maximum absolute atomic E-state index is 4.71. The van der Waals surface area contributed by atoms with Crippen LogP contribution in [0.5, 0.6) is 0 Å². The molecule has 1 aliphatic heterocycles. The second-order valence-corrected chi connectivity index (χ2v) is 5.62. The van der Waals surface area contributed by atoms with Gasteiger partial charge < -0.3 is 10.6 Å². The molecule has 2 aromatic heterocycles. The van der Waals surface area contributed by atoms with Crippen molar-refractivity contribution in [3.05, 3.63) is 23.0 Å².